The number of aromatic nitrogens is 1. The fraction of sp³-hybridized carbons (Fsp3) is 0.300. The molecule has 0 radical (unpaired) electrons. The summed E-state index contributed by atoms with van der Waals surface area (Å²) in [6.45, 7) is 0.604. The van der Waals surface area contributed by atoms with Crippen LogP contribution in [0.5, 0.6) is 0 Å². The van der Waals surface area contributed by atoms with Crippen molar-refractivity contribution in [3.8, 4) is 12.3 Å². The third-order valence-electron chi connectivity index (χ3n) is 5.41. The number of fused-ring (bicyclic) bond motifs is 1. The van der Waals surface area contributed by atoms with E-state index in [4.69, 9.17) is 12.2 Å². The highest BCUT2D eigenvalue weighted by Crippen LogP contribution is 2.41. The first-order chi connectivity index (χ1) is 16.3. The molecule has 12 nitrogen and oxygen atoms in total. The van der Waals surface area contributed by atoms with Crippen molar-refractivity contribution in [2.24, 2.45) is 5.16 Å². The molecule has 34 heavy (non-hydrogen) atoms. The molecule has 4 rings (SSSR count). The Morgan fingerprint density at radius 1 is 1.44 bits per heavy atom. The molecule has 0 aliphatic carbocycles. The van der Waals surface area contributed by atoms with Crippen LogP contribution in [0, 0.1) is 12.3 Å². The largest absolute Gasteiger partial charge is 0.477 e. The molecule has 0 saturated carbocycles. The van der Waals surface area contributed by atoms with Crippen molar-refractivity contribution >= 4 is 57.6 Å². The minimum atomic E-state index is -1.32. The lowest BCUT2D eigenvalue weighted by Gasteiger charge is -2.49. The number of hydrogen-bond acceptors (Lipinski definition) is 10. The van der Waals surface area contributed by atoms with E-state index in [9.17, 15) is 29.5 Å². The Kier molecular flexibility index (Phi) is 6.31. The highest BCUT2D eigenvalue weighted by Gasteiger charge is 2.54. The summed E-state index contributed by atoms with van der Waals surface area (Å²) in [5.74, 6) is -0.464. The Labute approximate surface area is 201 Å². The van der Waals surface area contributed by atoms with E-state index < -0.39 is 34.9 Å². The van der Waals surface area contributed by atoms with Crippen LogP contribution in [0.3, 0.4) is 0 Å². The zero-order chi connectivity index (χ0) is 24.6. The number of carboxylic acids is 1. The van der Waals surface area contributed by atoms with Gasteiger partial charge in [0, 0.05) is 23.3 Å². The fourth-order valence-electron chi connectivity index (χ4n) is 3.85. The van der Waals surface area contributed by atoms with Gasteiger partial charge < -0.3 is 26.3 Å². The number of allylic oxidation sites excluding steroid dienone is 1. The predicted molar refractivity (Wildman–Crippen MR) is 123 cm³/mol. The quantitative estimate of drug-likeness (QED) is 0.0990. The standard InChI is InChI=1S/C20H18N6O6S2/c1-2-4-25-5-3-9(16(25)28)6-10-7-33-18-13(17(29)26(18)14(10)19(30)31)23-15(27)12(24-32)11-8-34-20(21)22-11/h1,6,8,13,18,32H,3-5,7H2,(H2,21,22)(H,23,27)(H,30,31)/b9-6+,24-12+/t13-,18-/m1/s1. The van der Waals surface area contributed by atoms with E-state index >= 15 is 0 Å². The number of hydrogen-bond donors (Lipinski definition) is 4. The highest BCUT2D eigenvalue weighted by atomic mass is 32.2. The molecule has 3 aliphatic heterocycles. The number of carbonyl (C=O) groups excluding carboxylic acids is 3. The molecular formula is C20H18N6O6S2. The minimum Gasteiger partial charge on any atom is -0.477 e. The average Bonchev–Trinajstić information content (AvgIpc) is 3.38. The van der Waals surface area contributed by atoms with Gasteiger partial charge in [0.2, 0.25) is 0 Å². The van der Waals surface area contributed by atoms with Gasteiger partial charge in [0.25, 0.3) is 17.7 Å². The number of β-lactam (4-membered cyclic amide) rings is 1. The SMILES string of the molecule is C#CCN1CC/C(=C\C2=C(C(=O)O)N3C(=O)[C@@H](NC(=O)/C(=N/O)c4csc(N)n4)[C@H]3SC2)C1=O. The molecule has 0 aromatic carbocycles. The maximum Gasteiger partial charge on any atom is 0.352 e. The molecular weight excluding hydrogens is 484 g/mol. The summed E-state index contributed by atoms with van der Waals surface area (Å²) in [6.07, 6.45) is 7.20. The normalized spacial score (nSPS) is 23.6. The molecule has 4 heterocycles. The number of nitrogens with two attached hydrogens (primary N) is 1. The lowest BCUT2D eigenvalue weighted by molar-refractivity contribution is -0.150. The second-order valence-electron chi connectivity index (χ2n) is 7.41. The molecule has 1 aromatic heterocycles. The smallest absolute Gasteiger partial charge is 0.352 e. The number of carbonyl (C=O) groups is 4. The van der Waals surface area contributed by atoms with Crippen molar-refractivity contribution in [2.45, 2.75) is 17.8 Å². The summed E-state index contributed by atoms with van der Waals surface area (Å²) in [6, 6.07) is -1.03. The Bertz CT molecular complexity index is 1230. The summed E-state index contributed by atoms with van der Waals surface area (Å²) in [7, 11) is 0. The number of oxime groups is 1. The summed E-state index contributed by atoms with van der Waals surface area (Å²) < 4.78 is 0. The van der Waals surface area contributed by atoms with E-state index in [1.54, 1.807) is 0 Å². The van der Waals surface area contributed by atoms with Gasteiger partial charge in [-0.05, 0) is 18.1 Å². The van der Waals surface area contributed by atoms with Gasteiger partial charge in [-0.3, -0.25) is 19.3 Å². The number of nitrogens with zero attached hydrogens (tertiary/aromatic N) is 4. The number of anilines is 1. The molecule has 5 N–H and O–H groups in total. The first-order valence-corrected chi connectivity index (χ1v) is 11.8. The Morgan fingerprint density at radius 2 is 2.21 bits per heavy atom. The van der Waals surface area contributed by atoms with Gasteiger partial charge in [-0.1, -0.05) is 11.1 Å². The average molecular weight is 503 g/mol. The van der Waals surface area contributed by atoms with Crippen LogP contribution in [0.2, 0.25) is 0 Å². The van der Waals surface area contributed by atoms with Gasteiger partial charge in [-0.15, -0.1) is 29.5 Å². The molecule has 0 bridgehead atoms. The minimum absolute atomic E-state index is 0.0440. The monoisotopic (exact) mass is 502 g/mol. The number of likely N-dealkylation sites (tertiary alicyclic amines) is 1. The molecule has 2 fully saturated rings. The van der Waals surface area contributed by atoms with Crippen molar-refractivity contribution < 1.29 is 29.5 Å². The van der Waals surface area contributed by atoms with Crippen LogP contribution in [0.15, 0.2) is 33.5 Å². The number of thioether (sulfide) groups is 1. The molecule has 3 aliphatic rings. The van der Waals surface area contributed by atoms with E-state index in [0.717, 1.165) is 16.2 Å². The van der Waals surface area contributed by atoms with Crippen LogP contribution < -0.4 is 11.1 Å². The molecule has 0 unspecified atom stereocenters. The Morgan fingerprint density at radius 3 is 2.82 bits per heavy atom. The van der Waals surface area contributed by atoms with Gasteiger partial charge >= 0.3 is 5.97 Å². The van der Waals surface area contributed by atoms with E-state index in [1.165, 1.54) is 28.1 Å². The molecule has 3 amide bonds. The molecule has 1 aromatic rings. The second kappa shape index (κ2) is 9.20. The second-order valence-corrected chi connectivity index (χ2v) is 9.40. The zero-order valence-electron chi connectivity index (χ0n) is 17.4. The Balaban J connectivity index is 1.54. The van der Waals surface area contributed by atoms with Crippen LogP contribution >= 0.6 is 23.1 Å². The number of amides is 3. The van der Waals surface area contributed by atoms with Crippen LogP contribution in [-0.4, -0.2) is 84.8 Å². The van der Waals surface area contributed by atoms with Crippen molar-refractivity contribution in [1.29, 1.82) is 0 Å². The molecule has 0 spiro atoms. The third-order valence-corrected chi connectivity index (χ3v) is 7.39. The zero-order valence-corrected chi connectivity index (χ0v) is 19.1. The van der Waals surface area contributed by atoms with Crippen LogP contribution in [0.4, 0.5) is 5.13 Å². The predicted octanol–water partition coefficient (Wildman–Crippen LogP) is -0.566. The van der Waals surface area contributed by atoms with Gasteiger partial charge in [0.05, 0.1) is 6.54 Å². The van der Waals surface area contributed by atoms with E-state index in [0.29, 0.717) is 24.1 Å². The molecule has 176 valence electrons. The summed E-state index contributed by atoms with van der Waals surface area (Å²) in [5.41, 5.74) is 5.68. The van der Waals surface area contributed by atoms with Crippen molar-refractivity contribution in [3.05, 3.63) is 34.0 Å². The number of thiazole rings is 1. The number of terminal acetylenes is 1. The van der Waals surface area contributed by atoms with Crippen molar-refractivity contribution in [1.82, 2.24) is 20.1 Å². The molecule has 2 atom stereocenters. The summed E-state index contributed by atoms with van der Waals surface area (Å²) >= 11 is 2.29. The first-order valence-electron chi connectivity index (χ1n) is 9.85. The molecule has 14 heteroatoms. The topological polar surface area (TPSA) is 179 Å². The number of nitrogen functional groups attached to an aromatic ring is 1. The number of rotatable bonds is 6. The highest BCUT2D eigenvalue weighted by molar-refractivity contribution is 8.00. The van der Waals surface area contributed by atoms with E-state index in [1.807, 2.05) is 0 Å². The summed E-state index contributed by atoms with van der Waals surface area (Å²) in [4.78, 5) is 56.4. The van der Waals surface area contributed by atoms with Crippen molar-refractivity contribution in [3.63, 3.8) is 0 Å². The summed E-state index contributed by atoms with van der Waals surface area (Å²) in [5, 5.41) is 25.4. The molecule has 2 saturated heterocycles. The van der Waals surface area contributed by atoms with Crippen LogP contribution in [0.25, 0.3) is 0 Å². The maximum atomic E-state index is 12.8. The van der Waals surface area contributed by atoms with E-state index in [-0.39, 0.29) is 34.7 Å². The number of nitrogens with one attached hydrogen (secondary N) is 1. The van der Waals surface area contributed by atoms with E-state index in [2.05, 4.69) is 21.4 Å². The Hall–Kier alpha value is -3.83. The van der Waals surface area contributed by atoms with Gasteiger partial charge in [-0.25, -0.2) is 9.78 Å². The van der Waals surface area contributed by atoms with Gasteiger partial charge in [-0.2, -0.15) is 0 Å². The first kappa shape index (κ1) is 23.3. The number of aliphatic carboxylic acids is 1. The van der Waals surface area contributed by atoms with Gasteiger partial charge in [0.15, 0.2) is 10.8 Å². The van der Waals surface area contributed by atoms with Crippen LogP contribution in [-0.2, 0) is 19.2 Å². The van der Waals surface area contributed by atoms with Crippen LogP contribution in [0.1, 0.15) is 12.1 Å². The van der Waals surface area contributed by atoms with Crippen molar-refractivity contribution in [2.75, 3.05) is 24.6 Å². The van der Waals surface area contributed by atoms with Gasteiger partial charge in [0.1, 0.15) is 22.8 Å². The number of carboxylic acid groups (broad SMARTS) is 1. The fourth-order valence-corrected chi connectivity index (χ4v) is 5.70. The lowest BCUT2D eigenvalue weighted by atomic mass is 10.0. The third kappa shape index (κ3) is 3.99. The lowest BCUT2D eigenvalue weighted by Crippen LogP contribution is -2.71. The maximum absolute atomic E-state index is 12.8.